The fourth-order valence-corrected chi connectivity index (χ4v) is 6.16. The van der Waals surface area contributed by atoms with Crippen molar-refractivity contribution in [1.29, 1.82) is 0 Å². The summed E-state index contributed by atoms with van der Waals surface area (Å²) in [4.78, 5) is 12.8. The van der Waals surface area contributed by atoms with E-state index in [1.54, 1.807) is 36.4 Å². The number of sulfonamides is 1. The fourth-order valence-electron chi connectivity index (χ4n) is 3.52. The topological polar surface area (TPSA) is 66.5 Å². The molecule has 2 aromatic carbocycles. The smallest absolute Gasteiger partial charge is 0.264 e. The van der Waals surface area contributed by atoms with E-state index in [1.807, 2.05) is 37.7 Å². The molecule has 0 radical (unpaired) electrons. The monoisotopic (exact) mass is 446 g/mol. The SMILES string of the molecule is Cc1ccc(N(CC(=O)NCCSC2CCCC2)S(=O)(=O)c2ccc(C)cc2)cc1. The van der Waals surface area contributed by atoms with E-state index in [2.05, 4.69) is 5.32 Å². The number of hydrogen-bond acceptors (Lipinski definition) is 4. The summed E-state index contributed by atoms with van der Waals surface area (Å²) in [7, 11) is -3.86. The van der Waals surface area contributed by atoms with Crippen LogP contribution in [0.15, 0.2) is 53.4 Å². The van der Waals surface area contributed by atoms with Gasteiger partial charge in [-0.2, -0.15) is 11.8 Å². The lowest BCUT2D eigenvalue weighted by Gasteiger charge is -2.24. The Morgan fingerprint density at radius 1 is 1.00 bits per heavy atom. The zero-order valence-electron chi connectivity index (χ0n) is 17.6. The maximum absolute atomic E-state index is 13.3. The molecule has 1 N–H and O–H groups in total. The number of thioether (sulfide) groups is 1. The Bertz CT molecular complexity index is 935. The van der Waals surface area contributed by atoms with Gasteiger partial charge in [-0.05, 0) is 51.0 Å². The minimum atomic E-state index is -3.86. The Morgan fingerprint density at radius 3 is 2.17 bits per heavy atom. The molecule has 5 nitrogen and oxygen atoms in total. The number of carbonyl (C=O) groups is 1. The number of benzene rings is 2. The number of rotatable bonds is 9. The number of amides is 1. The summed E-state index contributed by atoms with van der Waals surface area (Å²) in [5.74, 6) is 0.560. The molecule has 0 heterocycles. The van der Waals surface area contributed by atoms with E-state index in [1.165, 1.54) is 30.0 Å². The first-order chi connectivity index (χ1) is 14.4. The van der Waals surface area contributed by atoms with Crippen molar-refractivity contribution in [3.05, 3.63) is 59.7 Å². The highest BCUT2D eigenvalue weighted by Crippen LogP contribution is 2.29. The molecular formula is C23H30N2O3S2. The van der Waals surface area contributed by atoms with E-state index in [9.17, 15) is 13.2 Å². The Kier molecular flexibility index (Phi) is 7.83. The molecule has 0 saturated heterocycles. The molecule has 0 aromatic heterocycles. The quantitative estimate of drug-likeness (QED) is 0.584. The van der Waals surface area contributed by atoms with Gasteiger partial charge in [0.1, 0.15) is 6.54 Å². The molecule has 0 atom stereocenters. The molecule has 0 spiro atoms. The third kappa shape index (κ3) is 6.01. The predicted molar refractivity (Wildman–Crippen MR) is 125 cm³/mol. The number of anilines is 1. The summed E-state index contributed by atoms with van der Waals surface area (Å²) in [5.41, 5.74) is 2.49. The largest absolute Gasteiger partial charge is 0.354 e. The van der Waals surface area contributed by atoms with E-state index in [-0.39, 0.29) is 17.3 Å². The standard InChI is InChI=1S/C23H30N2O3S2/c1-18-7-11-20(12-8-18)25(30(27,28)22-13-9-19(2)10-14-22)17-23(26)24-15-16-29-21-5-3-4-6-21/h7-14,21H,3-6,15-17H2,1-2H3,(H,24,26). The Balaban J connectivity index is 1.70. The molecule has 1 amide bonds. The zero-order valence-corrected chi connectivity index (χ0v) is 19.3. The maximum atomic E-state index is 13.3. The molecule has 30 heavy (non-hydrogen) atoms. The molecule has 0 bridgehead atoms. The highest BCUT2D eigenvalue weighted by molar-refractivity contribution is 7.99. The van der Waals surface area contributed by atoms with Crippen LogP contribution in [0.4, 0.5) is 5.69 Å². The van der Waals surface area contributed by atoms with Crippen LogP contribution in [0.2, 0.25) is 0 Å². The van der Waals surface area contributed by atoms with Crippen molar-refractivity contribution in [3.8, 4) is 0 Å². The average Bonchev–Trinajstić information content (AvgIpc) is 3.24. The van der Waals surface area contributed by atoms with Crippen molar-refractivity contribution in [2.45, 2.75) is 49.7 Å². The van der Waals surface area contributed by atoms with Crippen molar-refractivity contribution in [2.75, 3.05) is 23.1 Å². The van der Waals surface area contributed by atoms with Crippen LogP contribution in [-0.4, -0.2) is 38.4 Å². The lowest BCUT2D eigenvalue weighted by atomic mass is 10.2. The first-order valence-electron chi connectivity index (χ1n) is 10.4. The number of carbonyl (C=O) groups excluding carboxylic acids is 1. The third-order valence-corrected chi connectivity index (χ3v) is 8.47. The van der Waals surface area contributed by atoms with Crippen molar-refractivity contribution in [3.63, 3.8) is 0 Å². The van der Waals surface area contributed by atoms with Gasteiger partial charge in [0.2, 0.25) is 5.91 Å². The molecule has 7 heteroatoms. The van der Waals surface area contributed by atoms with Gasteiger partial charge in [-0.15, -0.1) is 0 Å². The van der Waals surface area contributed by atoms with Crippen LogP contribution >= 0.6 is 11.8 Å². The molecule has 1 saturated carbocycles. The second-order valence-corrected chi connectivity index (χ2v) is 11.1. The molecule has 1 aliphatic rings. The minimum absolute atomic E-state index is 0.179. The minimum Gasteiger partial charge on any atom is -0.354 e. The summed E-state index contributed by atoms with van der Waals surface area (Å²) in [5, 5.41) is 3.59. The average molecular weight is 447 g/mol. The molecule has 3 rings (SSSR count). The van der Waals surface area contributed by atoms with E-state index in [4.69, 9.17) is 0 Å². The lowest BCUT2D eigenvalue weighted by Crippen LogP contribution is -2.41. The van der Waals surface area contributed by atoms with Crippen molar-refractivity contribution in [1.82, 2.24) is 5.32 Å². The molecule has 2 aromatic rings. The molecule has 1 aliphatic carbocycles. The van der Waals surface area contributed by atoms with E-state index in [0.29, 0.717) is 17.5 Å². The Hall–Kier alpha value is -1.99. The first kappa shape index (κ1) is 22.7. The number of hydrogen-bond donors (Lipinski definition) is 1. The second kappa shape index (κ2) is 10.4. The summed E-state index contributed by atoms with van der Waals surface area (Å²) < 4.78 is 27.8. The normalized spacial score (nSPS) is 14.6. The van der Waals surface area contributed by atoms with Gasteiger partial charge in [-0.25, -0.2) is 8.42 Å². The van der Waals surface area contributed by atoms with Crippen LogP contribution in [0.3, 0.4) is 0 Å². The number of nitrogens with zero attached hydrogens (tertiary/aromatic N) is 1. The zero-order chi connectivity index (χ0) is 21.6. The highest BCUT2D eigenvalue weighted by atomic mass is 32.2. The predicted octanol–water partition coefficient (Wildman–Crippen LogP) is 4.29. The van der Waals surface area contributed by atoms with Crippen molar-refractivity contribution in [2.24, 2.45) is 0 Å². The first-order valence-corrected chi connectivity index (χ1v) is 12.9. The van der Waals surface area contributed by atoms with E-state index < -0.39 is 10.0 Å². The van der Waals surface area contributed by atoms with Gasteiger partial charge < -0.3 is 5.32 Å². The van der Waals surface area contributed by atoms with Crippen LogP contribution in [0.5, 0.6) is 0 Å². The van der Waals surface area contributed by atoms with E-state index >= 15 is 0 Å². The molecule has 0 unspecified atom stereocenters. The van der Waals surface area contributed by atoms with Crippen LogP contribution in [0.25, 0.3) is 0 Å². The summed E-state index contributed by atoms with van der Waals surface area (Å²) in [6.45, 7) is 4.15. The van der Waals surface area contributed by atoms with Gasteiger partial charge in [0.05, 0.1) is 10.6 Å². The summed E-state index contributed by atoms with van der Waals surface area (Å²) in [6, 6.07) is 13.9. The van der Waals surface area contributed by atoms with Crippen LogP contribution in [0, 0.1) is 13.8 Å². The summed E-state index contributed by atoms with van der Waals surface area (Å²) in [6.07, 6.45) is 5.11. The lowest BCUT2D eigenvalue weighted by molar-refractivity contribution is -0.119. The molecular weight excluding hydrogens is 416 g/mol. The third-order valence-electron chi connectivity index (χ3n) is 5.30. The van der Waals surface area contributed by atoms with Gasteiger partial charge in [-0.1, -0.05) is 48.2 Å². The van der Waals surface area contributed by atoms with Gasteiger partial charge in [-0.3, -0.25) is 9.10 Å². The maximum Gasteiger partial charge on any atom is 0.264 e. The van der Waals surface area contributed by atoms with E-state index in [0.717, 1.165) is 16.9 Å². The van der Waals surface area contributed by atoms with Gasteiger partial charge in [0.15, 0.2) is 0 Å². The summed E-state index contributed by atoms with van der Waals surface area (Å²) >= 11 is 1.90. The van der Waals surface area contributed by atoms with Crippen LogP contribution in [0.1, 0.15) is 36.8 Å². The molecule has 1 fully saturated rings. The number of aryl methyl sites for hydroxylation is 2. The highest BCUT2D eigenvalue weighted by Gasteiger charge is 2.27. The van der Waals surface area contributed by atoms with Gasteiger partial charge in [0, 0.05) is 17.5 Å². The Morgan fingerprint density at radius 2 is 1.57 bits per heavy atom. The molecule has 0 aliphatic heterocycles. The van der Waals surface area contributed by atoms with Crippen LogP contribution < -0.4 is 9.62 Å². The number of nitrogens with one attached hydrogen (secondary N) is 1. The van der Waals surface area contributed by atoms with Crippen molar-refractivity contribution >= 4 is 33.4 Å². The van der Waals surface area contributed by atoms with Gasteiger partial charge >= 0.3 is 0 Å². The second-order valence-electron chi connectivity index (χ2n) is 7.79. The Labute approximate surface area is 184 Å². The molecule has 162 valence electrons. The van der Waals surface area contributed by atoms with Gasteiger partial charge in [0.25, 0.3) is 10.0 Å². The fraction of sp³-hybridized carbons (Fsp3) is 0.435. The van der Waals surface area contributed by atoms with Crippen molar-refractivity contribution < 1.29 is 13.2 Å². The van der Waals surface area contributed by atoms with Crippen LogP contribution in [-0.2, 0) is 14.8 Å².